The average molecular weight is 477 g/mol. The van der Waals surface area contributed by atoms with E-state index in [1.54, 1.807) is 48.5 Å². The van der Waals surface area contributed by atoms with Crippen LogP contribution in [-0.4, -0.2) is 52.6 Å². The molecule has 1 rings (SSSR count). The molecule has 5 amide bonds. The molecule has 1 aromatic rings. The number of aromatic amines is 1. The Morgan fingerprint density at radius 1 is 0.941 bits per heavy atom. The van der Waals surface area contributed by atoms with Crippen molar-refractivity contribution in [1.29, 1.82) is 0 Å². The van der Waals surface area contributed by atoms with Crippen LogP contribution >= 0.6 is 0 Å². The largest absolute Gasteiger partial charge is 0.455 e. The summed E-state index contributed by atoms with van der Waals surface area (Å²) in [6, 6.07) is -1.12. The number of terminal acetylenes is 1. The van der Waals surface area contributed by atoms with E-state index in [9.17, 15) is 24.0 Å². The number of carbonyl (C=O) groups excluding carboxylic acids is 5. The Balaban J connectivity index is 3.14. The molecule has 34 heavy (non-hydrogen) atoms. The van der Waals surface area contributed by atoms with E-state index in [0.717, 1.165) is 0 Å². The topological polar surface area (TPSA) is 156 Å². The van der Waals surface area contributed by atoms with E-state index in [0.29, 0.717) is 11.1 Å². The molecule has 0 aliphatic heterocycles. The van der Waals surface area contributed by atoms with Crippen LogP contribution in [0, 0.1) is 19.3 Å². The van der Waals surface area contributed by atoms with E-state index < -0.39 is 35.2 Å². The summed E-state index contributed by atoms with van der Waals surface area (Å²) in [5.41, 5.74) is -1.04. The third-order valence-corrected chi connectivity index (χ3v) is 4.04. The highest BCUT2D eigenvalue weighted by Gasteiger charge is 2.28. The van der Waals surface area contributed by atoms with Gasteiger partial charge in [0.25, 0.3) is 5.91 Å². The van der Waals surface area contributed by atoms with Gasteiger partial charge in [-0.05, 0) is 66.0 Å². The molecule has 0 radical (unpaired) electrons. The van der Waals surface area contributed by atoms with Crippen LogP contribution in [0.4, 0.5) is 9.59 Å². The Morgan fingerprint density at radius 2 is 1.53 bits per heavy atom. The van der Waals surface area contributed by atoms with Gasteiger partial charge in [-0.1, -0.05) is 5.92 Å². The van der Waals surface area contributed by atoms with Gasteiger partial charge in [0.05, 0.1) is 6.54 Å². The number of aromatic nitrogens is 1. The van der Waals surface area contributed by atoms with Crippen molar-refractivity contribution in [3.63, 3.8) is 0 Å². The van der Waals surface area contributed by atoms with Crippen LogP contribution in [0.25, 0.3) is 0 Å². The van der Waals surface area contributed by atoms with Crippen LogP contribution in [0.5, 0.6) is 0 Å². The van der Waals surface area contributed by atoms with Crippen LogP contribution in [-0.2, 0) is 20.7 Å². The van der Waals surface area contributed by atoms with Crippen molar-refractivity contribution in [2.45, 2.75) is 72.5 Å². The predicted octanol–water partition coefficient (Wildman–Crippen LogP) is 2.33. The Bertz CT molecular complexity index is 1000. The number of urea groups is 1. The molecule has 0 atom stereocenters. The van der Waals surface area contributed by atoms with E-state index in [1.165, 1.54) is 0 Å². The molecule has 11 nitrogen and oxygen atoms in total. The third-order valence-electron chi connectivity index (χ3n) is 4.04. The number of ether oxygens (including phenoxy) is 2. The van der Waals surface area contributed by atoms with Crippen molar-refractivity contribution in [3.8, 4) is 12.3 Å². The first-order valence-corrected chi connectivity index (χ1v) is 10.5. The molecule has 186 valence electrons. The van der Waals surface area contributed by atoms with Crippen molar-refractivity contribution < 1.29 is 33.4 Å². The zero-order valence-corrected chi connectivity index (χ0v) is 20.6. The molecule has 0 fully saturated rings. The molecule has 0 aliphatic rings. The van der Waals surface area contributed by atoms with Crippen molar-refractivity contribution in [1.82, 2.24) is 20.9 Å². The van der Waals surface area contributed by atoms with Crippen molar-refractivity contribution in [3.05, 3.63) is 22.5 Å². The maximum absolute atomic E-state index is 12.8. The first kappa shape index (κ1) is 28.2. The molecule has 0 saturated heterocycles. The summed E-state index contributed by atoms with van der Waals surface area (Å²) in [6.45, 7) is 11.5. The summed E-state index contributed by atoms with van der Waals surface area (Å²) in [4.78, 5) is 64.0. The molecule has 0 bridgehead atoms. The highest BCUT2D eigenvalue weighted by molar-refractivity contribution is 6.08. The van der Waals surface area contributed by atoms with E-state index >= 15 is 0 Å². The molecule has 0 aromatic carbocycles. The second-order valence-corrected chi connectivity index (χ2v) is 9.37. The number of H-pyrrole nitrogens is 1. The van der Waals surface area contributed by atoms with Gasteiger partial charge in [0, 0.05) is 6.42 Å². The van der Waals surface area contributed by atoms with Gasteiger partial charge in [0.1, 0.15) is 22.6 Å². The van der Waals surface area contributed by atoms with E-state index in [-0.39, 0.29) is 36.7 Å². The Morgan fingerprint density at radius 3 is 2.06 bits per heavy atom. The molecule has 0 unspecified atom stereocenters. The van der Waals surface area contributed by atoms with Gasteiger partial charge in [-0.25, -0.2) is 19.7 Å². The maximum Gasteiger partial charge on any atom is 0.415 e. The second kappa shape index (κ2) is 11.4. The fourth-order valence-electron chi connectivity index (χ4n) is 2.74. The van der Waals surface area contributed by atoms with Crippen LogP contribution in [0.3, 0.4) is 0 Å². The Labute approximate surface area is 198 Å². The molecule has 0 saturated carbocycles. The van der Waals surface area contributed by atoms with Crippen molar-refractivity contribution >= 4 is 29.9 Å². The maximum atomic E-state index is 12.8. The molecule has 4 N–H and O–H groups in total. The van der Waals surface area contributed by atoms with Gasteiger partial charge < -0.3 is 19.8 Å². The Kier molecular flexibility index (Phi) is 9.43. The van der Waals surface area contributed by atoms with Gasteiger partial charge in [0.2, 0.25) is 5.91 Å². The summed E-state index contributed by atoms with van der Waals surface area (Å²) < 4.78 is 10.3. The number of esters is 1. The van der Waals surface area contributed by atoms with E-state index in [4.69, 9.17) is 15.9 Å². The fraction of sp³-hybridized carbons (Fsp3) is 0.522. The quantitative estimate of drug-likeness (QED) is 0.363. The molecule has 1 aromatic heterocycles. The van der Waals surface area contributed by atoms with Crippen LogP contribution in [0.15, 0.2) is 0 Å². The molecule has 0 spiro atoms. The highest BCUT2D eigenvalue weighted by Crippen LogP contribution is 2.23. The minimum absolute atomic E-state index is 0.00617. The first-order valence-electron chi connectivity index (χ1n) is 10.5. The summed E-state index contributed by atoms with van der Waals surface area (Å²) in [5, 5.41) is 6.40. The first-order chi connectivity index (χ1) is 15.5. The smallest absolute Gasteiger partial charge is 0.415 e. The summed E-state index contributed by atoms with van der Waals surface area (Å²) in [6.07, 6.45) is 4.13. The van der Waals surface area contributed by atoms with Crippen LogP contribution in [0.2, 0.25) is 0 Å². The van der Waals surface area contributed by atoms with Gasteiger partial charge in [0.15, 0.2) is 0 Å². The number of hydrogen-bond acceptors (Lipinski definition) is 7. The number of alkyl carbamates (subject to hydrolysis) is 1. The van der Waals surface area contributed by atoms with Gasteiger partial charge >= 0.3 is 18.1 Å². The van der Waals surface area contributed by atoms with Crippen molar-refractivity contribution in [2.24, 2.45) is 0 Å². The molecule has 11 heteroatoms. The van der Waals surface area contributed by atoms with Gasteiger partial charge in [-0.3, -0.25) is 14.9 Å². The molecule has 0 aliphatic carbocycles. The summed E-state index contributed by atoms with van der Waals surface area (Å²) in [7, 11) is 0. The summed E-state index contributed by atoms with van der Waals surface area (Å²) in [5.74, 6) is 0.302. The average Bonchev–Trinajstić information content (AvgIpc) is 2.98. The summed E-state index contributed by atoms with van der Waals surface area (Å²) >= 11 is 0. The van der Waals surface area contributed by atoms with Crippen LogP contribution in [0.1, 0.15) is 80.1 Å². The van der Waals surface area contributed by atoms with Gasteiger partial charge in [-0.15, -0.1) is 6.42 Å². The minimum Gasteiger partial charge on any atom is -0.455 e. The predicted molar refractivity (Wildman–Crippen MR) is 123 cm³/mol. The second-order valence-electron chi connectivity index (χ2n) is 9.37. The SMILES string of the molecule is C#CCNC(=O)CCc1c(C(=O)NC(=O)NC(=O)OC(C)(C)C)[nH]c(C(=O)OC(C)(C)C)c1C. The van der Waals surface area contributed by atoms with Crippen molar-refractivity contribution in [2.75, 3.05) is 6.54 Å². The lowest BCUT2D eigenvalue weighted by molar-refractivity contribution is -0.120. The number of imide groups is 2. The molecular weight excluding hydrogens is 444 g/mol. The lowest BCUT2D eigenvalue weighted by Crippen LogP contribution is -2.44. The zero-order chi connectivity index (χ0) is 26.3. The number of nitrogens with one attached hydrogen (secondary N) is 4. The van der Waals surface area contributed by atoms with Crippen LogP contribution < -0.4 is 16.0 Å². The third kappa shape index (κ3) is 9.36. The lowest BCUT2D eigenvalue weighted by Gasteiger charge is -2.19. The van der Waals surface area contributed by atoms with Gasteiger partial charge in [-0.2, -0.15) is 0 Å². The van der Waals surface area contributed by atoms with E-state index in [2.05, 4.69) is 16.2 Å². The fourth-order valence-corrected chi connectivity index (χ4v) is 2.74. The normalized spacial score (nSPS) is 11.1. The number of rotatable bonds is 6. The van der Waals surface area contributed by atoms with E-state index in [1.807, 2.05) is 10.6 Å². The molecule has 1 heterocycles. The number of amides is 5. The standard InChI is InChI=1S/C23H32N4O7/c1-9-12-24-15(28)11-10-14-13(2)16(19(30)33-22(3,4)5)25-17(14)18(29)26-20(31)27-21(32)34-23(6,7)8/h1,25H,10-12H2,2-8H3,(H,24,28)(H2,26,27,29,31,32). The number of carbonyl (C=O) groups is 5. The lowest BCUT2D eigenvalue weighted by atomic mass is 10.0. The minimum atomic E-state index is -1.12. The monoisotopic (exact) mass is 476 g/mol. The highest BCUT2D eigenvalue weighted by atomic mass is 16.6. The molecular formula is C23H32N4O7. The Hall–Kier alpha value is -3.81. The number of hydrogen-bond donors (Lipinski definition) is 4. The zero-order valence-electron chi connectivity index (χ0n) is 20.6.